The minimum atomic E-state index is -0.194. The first kappa shape index (κ1) is 12.7. The fraction of sp³-hybridized carbons (Fsp3) is 0.923. The molecule has 0 amide bonds. The number of ketones is 1. The van der Waals surface area contributed by atoms with Gasteiger partial charge in [0.05, 0.1) is 0 Å². The van der Waals surface area contributed by atoms with Crippen molar-refractivity contribution < 1.29 is 9.53 Å². The number of ether oxygens (including phenoxy) is 1. The molecule has 0 N–H and O–H groups in total. The molecule has 0 spiro atoms. The van der Waals surface area contributed by atoms with Crippen molar-refractivity contribution in [3.8, 4) is 0 Å². The number of Topliss-reactive ketones (excluding diaryl/α,β-unsaturated/α-hetero) is 1. The Balaban J connectivity index is 2.57. The van der Waals surface area contributed by atoms with Crippen LogP contribution in [0.3, 0.4) is 0 Å². The lowest BCUT2D eigenvalue weighted by molar-refractivity contribution is -0.136. The molecule has 0 aromatic heterocycles. The third-order valence-corrected chi connectivity index (χ3v) is 3.48. The molecule has 0 aromatic carbocycles. The van der Waals surface area contributed by atoms with Crippen molar-refractivity contribution in [3.63, 3.8) is 0 Å². The Bertz CT molecular complexity index is 211. The third-order valence-electron chi connectivity index (χ3n) is 3.48. The summed E-state index contributed by atoms with van der Waals surface area (Å²) in [6.07, 6.45) is 4.41. The number of rotatable bonds is 4. The Morgan fingerprint density at radius 3 is 2.47 bits per heavy atom. The second-order valence-electron chi connectivity index (χ2n) is 5.27. The first-order chi connectivity index (χ1) is 7.06. The van der Waals surface area contributed by atoms with E-state index in [2.05, 4.69) is 20.8 Å². The lowest BCUT2D eigenvalue weighted by atomic mass is 9.78. The van der Waals surface area contributed by atoms with E-state index >= 15 is 0 Å². The summed E-state index contributed by atoms with van der Waals surface area (Å²) in [6.45, 7) is 6.35. The van der Waals surface area contributed by atoms with E-state index in [1.54, 1.807) is 7.11 Å². The van der Waals surface area contributed by atoms with Gasteiger partial charge in [-0.3, -0.25) is 4.79 Å². The molecule has 0 radical (unpaired) electrons. The van der Waals surface area contributed by atoms with Gasteiger partial charge in [-0.2, -0.15) is 0 Å². The maximum absolute atomic E-state index is 12.2. The molecule has 15 heavy (non-hydrogen) atoms. The zero-order valence-electron chi connectivity index (χ0n) is 10.5. The van der Waals surface area contributed by atoms with E-state index in [9.17, 15) is 4.79 Å². The smallest absolute Gasteiger partial charge is 0.164 e. The van der Waals surface area contributed by atoms with Gasteiger partial charge in [-0.1, -0.05) is 33.6 Å². The van der Waals surface area contributed by atoms with Gasteiger partial charge >= 0.3 is 0 Å². The van der Waals surface area contributed by atoms with Crippen molar-refractivity contribution in [2.24, 2.45) is 17.8 Å². The molecule has 3 atom stereocenters. The molecule has 88 valence electrons. The monoisotopic (exact) mass is 212 g/mol. The highest BCUT2D eigenvalue weighted by Gasteiger charge is 2.31. The van der Waals surface area contributed by atoms with Gasteiger partial charge in [0, 0.05) is 13.0 Å². The molecular formula is C13H24O2. The van der Waals surface area contributed by atoms with Crippen molar-refractivity contribution in [1.82, 2.24) is 0 Å². The molecule has 0 heterocycles. The van der Waals surface area contributed by atoms with Crippen LogP contribution in [0.15, 0.2) is 0 Å². The highest BCUT2D eigenvalue weighted by molar-refractivity contribution is 5.85. The Kier molecular flexibility index (Phi) is 4.78. The summed E-state index contributed by atoms with van der Waals surface area (Å²) < 4.78 is 5.31. The minimum Gasteiger partial charge on any atom is -0.373 e. The average Bonchev–Trinajstić information content (AvgIpc) is 2.18. The van der Waals surface area contributed by atoms with Gasteiger partial charge in [0.15, 0.2) is 5.78 Å². The SMILES string of the molecule is COC(C(=O)C1CCCC(C)C1)C(C)C. The van der Waals surface area contributed by atoms with Gasteiger partial charge in [-0.15, -0.1) is 0 Å². The third kappa shape index (κ3) is 3.30. The van der Waals surface area contributed by atoms with E-state index in [-0.39, 0.29) is 12.0 Å². The van der Waals surface area contributed by atoms with Crippen LogP contribution in [0.2, 0.25) is 0 Å². The molecular weight excluding hydrogens is 188 g/mol. The fourth-order valence-corrected chi connectivity index (χ4v) is 2.64. The van der Waals surface area contributed by atoms with Crippen LogP contribution in [-0.4, -0.2) is 19.0 Å². The quantitative estimate of drug-likeness (QED) is 0.716. The molecule has 0 aromatic rings. The number of carbonyl (C=O) groups is 1. The van der Waals surface area contributed by atoms with Crippen LogP contribution >= 0.6 is 0 Å². The molecule has 1 aliphatic carbocycles. The summed E-state index contributed by atoms with van der Waals surface area (Å²) >= 11 is 0. The van der Waals surface area contributed by atoms with Crippen LogP contribution < -0.4 is 0 Å². The lowest BCUT2D eigenvalue weighted by Gasteiger charge is -2.29. The van der Waals surface area contributed by atoms with Crippen LogP contribution in [0.25, 0.3) is 0 Å². The molecule has 0 aliphatic heterocycles. The Hall–Kier alpha value is -0.370. The normalized spacial score (nSPS) is 29.1. The summed E-state index contributed by atoms with van der Waals surface area (Å²) in [7, 11) is 1.65. The van der Waals surface area contributed by atoms with Crippen LogP contribution in [0.5, 0.6) is 0 Å². The number of carbonyl (C=O) groups excluding carboxylic acids is 1. The van der Waals surface area contributed by atoms with E-state index in [1.165, 1.54) is 12.8 Å². The van der Waals surface area contributed by atoms with Gasteiger partial charge in [-0.25, -0.2) is 0 Å². The van der Waals surface area contributed by atoms with Gasteiger partial charge in [-0.05, 0) is 24.7 Å². The molecule has 1 aliphatic rings. The van der Waals surface area contributed by atoms with E-state index in [0.717, 1.165) is 12.8 Å². The van der Waals surface area contributed by atoms with Crippen molar-refractivity contribution in [3.05, 3.63) is 0 Å². The van der Waals surface area contributed by atoms with E-state index in [0.29, 0.717) is 17.6 Å². The lowest BCUT2D eigenvalue weighted by Crippen LogP contribution is -2.36. The predicted molar refractivity (Wildman–Crippen MR) is 61.8 cm³/mol. The average molecular weight is 212 g/mol. The number of hydrogen-bond acceptors (Lipinski definition) is 2. The van der Waals surface area contributed by atoms with Crippen molar-refractivity contribution in [1.29, 1.82) is 0 Å². The highest BCUT2D eigenvalue weighted by Crippen LogP contribution is 2.31. The zero-order valence-corrected chi connectivity index (χ0v) is 10.5. The number of methoxy groups -OCH3 is 1. The standard InChI is InChI=1S/C13H24O2/c1-9(2)13(15-4)12(14)11-7-5-6-10(3)8-11/h9-11,13H,5-8H2,1-4H3. The highest BCUT2D eigenvalue weighted by atomic mass is 16.5. The Morgan fingerprint density at radius 2 is 2.00 bits per heavy atom. The largest absolute Gasteiger partial charge is 0.373 e. The molecule has 2 heteroatoms. The Labute approximate surface area is 93.4 Å². The summed E-state index contributed by atoms with van der Waals surface area (Å²) in [5.41, 5.74) is 0. The summed E-state index contributed by atoms with van der Waals surface area (Å²) in [5.74, 6) is 1.58. The first-order valence-electron chi connectivity index (χ1n) is 6.12. The van der Waals surface area contributed by atoms with E-state index in [4.69, 9.17) is 4.74 Å². The minimum absolute atomic E-state index is 0.194. The Morgan fingerprint density at radius 1 is 1.33 bits per heavy atom. The topological polar surface area (TPSA) is 26.3 Å². The summed E-state index contributed by atoms with van der Waals surface area (Å²) in [5, 5.41) is 0. The molecule has 1 rings (SSSR count). The zero-order chi connectivity index (χ0) is 11.4. The maximum atomic E-state index is 12.2. The summed E-state index contributed by atoms with van der Waals surface area (Å²) in [4.78, 5) is 12.2. The molecule has 0 saturated heterocycles. The van der Waals surface area contributed by atoms with Gasteiger partial charge in [0.1, 0.15) is 6.10 Å². The molecule has 3 unspecified atom stereocenters. The second kappa shape index (κ2) is 5.64. The van der Waals surface area contributed by atoms with Crippen LogP contribution in [0.1, 0.15) is 46.5 Å². The van der Waals surface area contributed by atoms with E-state index < -0.39 is 0 Å². The van der Waals surface area contributed by atoms with Crippen LogP contribution in [-0.2, 0) is 9.53 Å². The predicted octanol–water partition coefficient (Wildman–Crippen LogP) is 3.05. The molecule has 2 nitrogen and oxygen atoms in total. The first-order valence-corrected chi connectivity index (χ1v) is 6.12. The number of hydrogen-bond donors (Lipinski definition) is 0. The van der Waals surface area contributed by atoms with Gasteiger partial charge < -0.3 is 4.74 Å². The van der Waals surface area contributed by atoms with Crippen molar-refractivity contribution in [2.75, 3.05) is 7.11 Å². The van der Waals surface area contributed by atoms with Gasteiger partial charge in [0.2, 0.25) is 0 Å². The van der Waals surface area contributed by atoms with Crippen molar-refractivity contribution in [2.45, 2.75) is 52.6 Å². The van der Waals surface area contributed by atoms with Gasteiger partial charge in [0.25, 0.3) is 0 Å². The van der Waals surface area contributed by atoms with Crippen LogP contribution in [0, 0.1) is 17.8 Å². The van der Waals surface area contributed by atoms with Crippen molar-refractivity contribution >= 4 is 5.78 Å². The summed E-state index contributed by atoms with van der Waals surface area (Å²) in [6, 6.07) is 0. The van der Waals surface area contributed by atoms with Crippen LogP contribution in [0.4, 0.5) is 0 Å². The maximum Gasteiger partial charge on any atom is 0.164 e. The second-order valence-corrected chi connectivity index (χ2v) is 5.27. The molecule has 1 saturated carbocycles. The fourth-order valence-electron chi connectivity index (χ4n) is 2.64. The molecule has 1 fully saturated rings. The molecule has 0 bridgehead atoms. The van der Waals surface area contributed by atoms with E-state index in [1.807, 2.05) is 0 Å².